The zero-order chi connectivity index (χ0) is 29.4. The summed E-state index contributed by atoms with van der Waals surface area (Å²) < 4.78 is 13.6. The number of hydrogen-bond acceptors (Lipinski definition) is 4. The van der Waals surface area contributed by atoms with Crippen molar-refractivity contribution in [2.45, 2.75) is 103 Å². The van der Waals surface area contributed by atoms with Crippen LogP contribution in [0.2, 0.25) is 0 Å². The Morgan fingerprint density at radius 2 is 1.68 bits per heavy atom. The van der Waals surface area contributed by atoms with Crippen LogP contribution in [0, 0.1) is 29.0 Å². The molecular weight excluding hydrogens is 519 g/mol. The van der Waals surface area contributed by atoms with E-state index in [9.17, 15) is 18.8 Å². The lowest BCUT2D eigenvalue weighted by Gasteiger charge is -2.48. The van der Waals surface area contributed by atoms with Crippen molar-refractivity contribution in [3.05, 3.63) is 35.6 Å². The molecular formula is C33H49FN4O3. The van der Waals surface area contributed by atoms with Crippen molar-refractivity contribution in [1.82, 2.24) is 20.4 Å². The van der Waals surface area contributed by atoms with Crippen molar-refractivity contribution < 1.29 is 18.8 Å². The Kier molecular flexibility index (Phi) is 8.79. The van der Waals surface area contributed by atoms with Crippen molar-refractivity contribution in [1.29, 1.82) is 0 Å². The van der Waals surface area contributed by atoms with E-state index in [0.717, 1.165) is 50.6 Å². The SMILES string of the molecule is CN1CC2CC(C(=O)NC(Cc3ccc(F)cc3)C(=O)N3CCC(C(=O)NC(C)(C)C)(C4CCCCC4)CC3)C1C2. The first kappa shape index (κ1) is 30.0. The Hall–Kier alpha value is -2.48. The largest absolute Gasteiger partial charge is 0.351 e. The Morgan fingerprint density at radius 3 is 2.27 bits per heavy atom. The number of nitrogens with zero attached hydrogens (tertiary/aromatic N) is 2. The zero-order valence-electron chi connectivity index (χ0n) is 25.4. The van der Waals surface area contributed by atoms with Crippen LogP contribution in [0.15, 0.2) is 24.3 Å². The van der Waals surface area contributed by atoms with Gasteiger partial charge >= 0.3 is 0 Å². The molecule has 7 nitrogen and oxygen atoms in total. The molecule has 5 rings (SSSR count). The van der Waals surface area contributed by atoms with Crippen LogP contribution in [0.5, 0.6) is 0 Å². The Labute approximate surface area is 245 Å². The van der Waals surface area contributed by atoms with Crippen molar-refractivity contribution in [2.24, 2.45) is 23.2 Å². The zero-order valence-corrected chi connectivity index (χ0v) is 25.4. The van der Waals surface area contributed by atoms with Crippen LogP contribution in [0.1, 0.15) is 84.1 Å². The van der Waals surface area contributed by atoms with E-state index < -0.39 is 11.5 Å². The summed E-state index contributed by atoms with van der Waals surface area (Å²) >= 11 is 0. The van der Waals surface area contributed by atoms with Gasteiger partial charge in [0.05, 0.1) is 11.3 Å². The van der Waals surface area contributed by atoms with E-state index in [1.807, 2.05) is 25.7 Å². The molecule has 0 aromatic heterocycles. The van der Waals surface area contributed by atoms with Crippen LogP contribution >= 0.6 is 0 Å². The molecule has 3 amide bonds. The van der Waals surface area contributed by atoms with Crippen LogP contribution in [0.4, 0.5) is 4.39 Å². The molecule has 2 N–H and O–H groups in total. The monoisotopic (exact) mass is 568 g/mol. The molecule has 2 saturated carbocycles. The summed E-state index contributed by atoms with van der Waals surface area (Å²) in [6, 6.07) is 5.69. The normalized spacial score (nSPS) is 27.4. The molecule has 41 heavy (non-hydrogen) atoms. The van der Waals surface area contributed by atoms with E-state index in [-0.39, 0.29) is 41.0 Å². The maximum atomic E-state index is 14.1. The molecule has 226 valence electrons. The van der Waals surface area contributed by atoms with Crippen LogP contribution in [0.3, 0.4) is 0 Å². The highest BCUT2D eigenvalue weighted by Gasteiger charge is 2.50. The quantitative estimate of drug-likeness (QED) is 0.514. The molecule has 2 aliphatic carbocycles. The molecule has 2 heterocycles. The first-order valence-corrected chi connectivity index (χ1v) is 15.8. The number of amides is 3. The minimum absolute atomic E-state index is 0.0531. The summed E-state index contributed by atoms with van der Waals surface area (Å²) in [5, 5.41) is 6.40. The van der Waals surface area contributed by atoms with Gasteiger partial charge in [0.15, 0.2) is 0 Å². The van der Waals surface area contributed by atoms with E-state index in [1.165, 1.54) is 18.6 Å². The lowest BCUT2D eigenvalue weighted by Crippen LogP contribution is -2.59. The number of rotatable bonds is 7. The molecule has 2 aliphatic heterocycles. The number of halogens is 1. The second-order valence-electron chi connectivity index (χ2n) is 14.4. The molecule has 2 saturated heterocycles. The molecule has 0 spiro atoms. The standard InChI is InChI=1S/C33H49FN4O3/c1-32(2,3)36-31(41)33(24-8-6-5-7-9-24)14-16-38(17-15-33)30(40)27(19-22-10-12-25(34)13-11-22)35-29(39)26-18-23-20-28(26)37(4)21-23/h10-13,23-24,26-28H,5-9,14-21H2,1-4H3,(H,35,39)(H,36,41). The van der Waals surface area contributed by atoms with E-state index >= 15 is 0 Å². The second kappa shape index (κ2) is 12.0. The highest BCUT2D eigenvalue weighted by Crippen LogP contribution is 2.46. The lowest BCUT2D eigenvalue weighted by atomic mass is 9.63. The van der Waals surface area contributed by atoms with Gasteiger partial charge in [-0.1, -0.05) is 31.4 Å². The molecule has 8 heteroatoms. The Balaban J connectivity index is 1.31. The molecule has 4 aliphatic rings. The average molecular weight is 569 g/mol. The van der Waals surface area contributed by atoms with Crippen LogP contribution in [0.25, 0.3) is 0 Å². The third-order valence-corrected chi connectivity index (χ3v) is 10.3. The van der Waals surface area contributed by atoms with Gasteiger partial charge in [-0.15, -0.1) is 0 Å². The van der Waals surface area contributed by atoms with Gasteiger partial charge < -0.3 is 20.4 Å². The predicted octanol–water partition coefficient (Wildman–Crippen LogP) is 4.30. The third-order valence-electron chi connectivity index (χ3n) is 10.3. The Bertz CT molecular complexity index is 1100. The van der Waals surface area contributed by atoms with E-state index in [4.69, 9.17) is 0 Å². The van der Waals surface area contributed by atoms with Gasteiger partial charge in [0.25, 0.3) is 0 Å². The van der Waals surface area contributed by atoms with Crippen molar-refractivity contribution in [3.8, 4) is 0 Å². The highest BCUT2D eigenvalue weighted by atomic mass is 19.1. The molecule has 4 unspecified atom stereocenters. The first-order chi connectivity index (χ1) is 19.4. The number of hydrogen-bond donors (Lipinski definition) is 2. The fourth-order valence-electron chi connectivity index (χ4n) is 8.20. The smallest absolute Gasteiger partial charge is 0.245 e. The molecule has 1 aromatic carbocycles. The van der Waals surface area contributed by atoms with Crippen molar-refractivity contribution in [3.63, 3.8) is 0 Å². The topological polar surface area (TPSA) is 81.8 Å². The number of fused-ring (bicyclic) bond motifs is 2. The van der Waals surface area contributed by atoms with Gasteiger partial charge in [-0.25, -0.2) is 4.39 Å². The van der Waals surface area contributed by atoms with Crippen LogP contribution in [-0.4, -0.2) is 71.8 Å². The summed E-state index contributed by atoms with van der Waals surface area (Å²) in [7, 11) is 2.08. The molecule has 4 atom stereocenters. The average Bonchev–Trinajstić information content (AvgIpc) is 3.53. The molecule has 2 bridgehead atoms. The Morgan fingerprint density at radius 1 is 1.02 bits per heavy atom. The minimum atomic E-state index is -0.719. The minimum Gasteiger partial charge on any atom is -0.351 e. The maximum absolute atomic E-state index is 14.1. The lowest BCUT2D eigenvalue weighted by molar-refractivity contribution is -0.147. The molecule has 4 fully saturated rings. The predicted molar refractivity (Wildman–Crippen MR) is 157 cm³/mol. The van der Waals surface area contributed by atoms with Gasteiger partial charge in [0, 0.05) is 37.6 Å². The number of nitrogens with one attached hydrogen (secondary N) is 2. The van der Waals surface area contributed by atoms with Gasteiger partial charge in [-0.3, -0.25) is 14.4 Å². The first-order valence-electron chi connectivity index (χ1n) is 15.8. The number of piperidine rings is 2. The van der Waals surface area contributed by atoms with E-state index in [0.29, 0.717) is 44.2 Å². The summed E-state index contributed by atoms with van der Waals surface area (Å²) in [5.41, 5.74) is 0.0333. The maximum Gasteiger partial charge on any atom is 0.245 e. The molecule has 0 radical (unpaired) electrons. The highest BCUT2D eigenvalue weighted by molar-refractivity contribution is 5.90. The summed E-state index contributed by atoms with van der Waals surface area (Å²) in [6.45, 7) is 8.10. The van der Waals surface area contributed by atoms with Gasteiger partial charge in [0.2, 0.25) is 17.7 Å². The summed E-state index contributed by atoms with van der Waals surface area (Å²) in [4.78, 5) is 45.5. The number of likely N-dealkylation sites (tertiary alicyclic amines) is 2. The molecule has 1 aromatic rings. The summed E-state index contributed by atoms with van der Waals surface area (Å²) in [6.07, 6.45) is 9.16. The van der Waals surface area contributed by atoms with Crippen LogP contribution in [-0.2, 0) is 20.8 Å². The number of benzene rings is 1. The fraction of sp³-hybridized carbons (Fsp3) is 0.727. The van der Waals surface area contributed by atoms with Gasteiger partial charge in [-0.2, -0.15) is 0 Å². The van der Waals surface area contributed by atoms with Crippen molar-refractivity contribution >= 4 is 17.7 Å². The fourth-order valence-corrected chi connectivity index (χ4v) is 8.20. The number of carbonyl (C=O) groups is 3. The second-order valence-corrected chi connectivity index (χ2v) is 14.4. The van der Waals surface area contributed by atoms with E-state index in [2.05, 4.69) is 22.6 Å². The van der Waals surface area contributed by atoms with E-state index in [1.54, 1.807) is 12.1 Å². The van der Waals surface area contributed by atoms with Crippen LogP contribution < -0.4 is 10.6 Å². The number of carbonyl (C=O) groups excluding carboxylic acids is 3. The summed E-state index contributed by atoms with van der Waals surface area (Å²) in [5.74, 6) is 0.412. The van der Waals surface area contributed by atoms with Gasteiger partial charge in [0.1, 0.15) is 11.9 Å². The van der Waals surface area contributed by atoms with Gasteiger partial charge in [-0.05, 0) is 95.9 Å². The third kappa shape index (κ3) is 6.63. The van der Waals surface area contributed by atoms with Crippen molar-refractivity contribution in [2.75, 3.05) is 26.7 Å².